The number of ether oxygens (including phenoxy) is 1. The lowest BCUT2D eigenvalue weighted by Gasteiger charge is -2.29. The summed E-state index contributed by atoms with van der Waals surface area (Å²) in [6.45, 7) is 2.30. The fraction of sp³-hybridized carbons (Fsp3) is 0.455. The quantitative estimate of drug-likeness (QED) is 0.232. The lowest BCUT2D eigenvalue weighted by atomic mass is 9.77. The minimum Gasteiger partial charge on any atom is -0.497 e. The molecule has 0 spiro atoms. The number of unbranched alkanes of at least 4 members (excludes halogenated alkanes) is 5. The van der Waals surface area contributed by atoms with Crippen LogP contribution < -0.4 is 4.74 Å². The molecule has 0 atom stereocenters. The molecule has 3 aromatic rings. The monoisotopic (exact) mass is 452 g/mol. The molecule has 1 aliphatic carbocycles. The van der Waals surface area contributed by atoms with Crippen molar-refractivity contribution in [1.82, 2.24) is 0 Å². The van der Waals surface area contributed by atoms with E-state index in [1.807, 2.05) is 6.07 Å². The molecular weight excluding hydrogens is 412 g/mol. The fourth-order valence-corrected chi connectivity index (χ4v) is 5.41. The van der Waals surface area contributed by atoms with Crippen LogP contribution in [0.2, 0.25) is 0 Å². The van der Waals surface area contributed by atoms with Gasteiger partial charge in [-0.15, -0.1) is 0 Å². The van der Waals surface area contributed by atoms with Gasteiger partial charge in [-0.1, -0.05) is 88.0 Å². The molecule has 0 aliphatic heterocycles. The van der Waals surface area contributed by atoms with Gasteiger partial charge in [0.1, 0.15) is 5.75 Å². The molecule has 1 aliphatic rings. The standard InChI is InChI=1S/C33H40O/c1-3-4-5-6-7-8-9-26-12-17-29(18-13-26)30-19-14-27(15-20-30)10-11-28-16-21-32-25-33(34-2)23-22-31(32)24-28/h14-16,19-26,29H,3-9,12-13,17-18H2,1-2H3/t26-,29-. The molecule has 1 nitrogen and oxygen atoms in total. The lowest BCUT2D eigenvalue weighted by Crippen LogP contribution is -2.13. The number of methoxy groups -OCH3 is 1. The van der Waals surface area contributed by atoms with E-state index in [1.165, 1.54) is 87.0 Å². The molecule has 178 valence electrons. The van der Waals surface area contributed by atoms with Crippen LogP contribution in [-0.4, -0.2) is 7.11 Å². The highest BCUT2D eigenvalue weighted by molar-refractivity contribution is 5.85. The molecule has 0 unspecified atom stereocenters. The first-order chi connectivity index (χ1) is 16.7. The fourth-order valence-electron chi connectivity index (χ4n) is 5.41. The maximum Gasteiger partial charge on any atom is 0.119 e. The summed E-state index contributed by atoms with van der Waals surface area (Å²) in [6, 6.07) is 21.6. The molecule has 1 fully saturated rings. The maximum absolute atomic E-state index is 5.32. The zero-order chi connectivity index (χ0) is 23.6. The molecule has 0 saturated heterocycles. The van der Waals surface area contributed by atoms with Crippen LogP contribution in [0.5, 0.6) is 5.75 Å². The van der Waals surface area contributed by atoms with Crippen LogP contribution >= 0.6 is 0 Å². The van der Waals surface area contributed by atoms with Crippen molar-refractivity contribution in [2.24, 2.45) is 5.92 Å². The van der Waals surface area contributed by atoms with Gasteiger partial charge in [0.05, 0.1) is 7.11 Å². The topological polar surface area (TPSA) is 9.23 Å². The Hall–Kier alpha value is -2.72. The third-order valence-electron chi connectivity index (χ3n) is 7.59. The van der Waals surface area contributed by atoms with Crippen molar-refractivity contribution in [2.45, 2.75) is 83.5 Å². The van der Waals surface area contributed by atoms with E-state index in [9.17, 15) is 0 Å². The number of benzene rings is 3. The average Bonchev–Trinajstić information content (AvgIpc) is 2.89. The molecule has 0 N–H and O–H groups in total. The molecule has 1 heteroatoms. The second-order valence-corrected chi connectivity index (χ2v) is 10.1. The van der Waals surface area contributed by atoms with Crippen LogP contribution in [0.4, 0.5) is 0 Å². The second kappa shape index (κ2) is 12.7. The van der Waals surface area contributed by atoms with E-state index < -0.39 is 0 Å². The van der Waals surface area contributed by atoms with Crippen molar-refractivity contribution >= 4 is 10.8 Å². The third-order valence-corrected chi connectivity index (χ3v) is 7.59. The second-order valence-electron chi connectivity index (χ2n) is 10.1. The highest BCUT2D eigenvalue weighted by Crippen LogP contribution is 2.37. The van der Waals surface area contributed by atoms with Gasteiger partial charge in [-0.3, -0.25) is 0 Å². The van der Waals surface area contributed by atoms with E-state index in [0.717, 1.165) is 28.7 Å². The zero-order valence-electron chi connectivity index (χ0n) is 21.1. The van der Waals surface area contributed by atoms with E-state index in [1.54, 1.807) is 7.11 Å². The Kier molecular flexibility index (Phi) is 9.09. The summed E-state index contributed by atoms with van der Waals surface area (Å²) >= 11 is 0. The van der Waals surface area contributed by atoms with Crippen LogP contribution in [0.25, 0.3) is 10.8 Å². The Morgan fingerprint density at radius 2 is 1.35 bits per heavy atom. The van der Waals surface area contributed by atoms with Crippen molar-refractivity contribution in [1.29, 1.82) is 0 Å². The Labute approximate surface area is 206 Å². The lowest BCUT2D eigenvalue weighted by molar-refractivity contribution is 0.302. The van der Waals surface area contributed by atoms with Crippen molar-refractivity contribution in [3.63, 3.8) is 0 Å². The van der Waals surface area contributed by atoms with Crippen LogP contribution in [0.1, 0.15) is 100 Å². The minimum absolute atomic E-state index is 0.736. The summed E-state index contributed by atoms with van der Waals surface area (Å²) in [5, 5.41) is 2.37. The number of hydrogen-bond donors (Lipinski definition) is 0. The maximum atomic E-state index is 5.32. The summed E-state index contributed by atoms with van der Waals surface area (Å²) in [7, 11) is 1.70. The zero-order valence-corrected chi connectivity index (χ0v) is 21.1. The number of rotatable bonds is 9. The van der Waals surface area contributed by atoms with Crippen LogP contribution in [0.15, 0.2) is 60.7 Å². The van der Waals surface area contributed by atoms with Crippen LogP contribution in [0.3, 0.4) is 0 Å². The summed E-state index contributed by atoms with van der Waals surface area (Å²) in [6.07, 6.45) is 15.5. The van der Waals surface area contributed by atoms with Gasteiger partial charge >= 0.3 is 0 Å². The molecule has 4 rings (SSSR count). The number of fused-ring (bicyclic) bond motifs is 1. The first kappa shape index (κ1) is 24.4. The van der Waals surface area contributed by atoms with E-state index in [0.29, 0.717) is 0 Å². The molecule has 0 heterocycles. The smallest absolute Gasteiger partial charge is 0.119 e. The van der Waals surface area contributed by atoms with E-state index in [2.05, 4.69) is 73.4 Å². The molecule has 3 aromatic carbocycles. The largest absolute Gasteiger partial charge is 0.497 e. The predicted octanol–water partition coefficient (Wildman–Crippen LogP) is 9.27. The molecule has 0 amide bonds. The van der Waals surface area contributed by atoms with Gasteiger partial charge in [-0.05, 0) is 90.3 Å². The Morgan fingerprint density at radius 1 is 0.706 bits per heavy atom. The molecular formula is C33H40O. The summed E-state index contributed by atoms with van der Waals surface area (Å²) < 4.78 is 5.32. The Bertz CT molecular complexity index is 1090. The van der Waals surface area contributed by atoms with Gasteiger partial charge in [0, 0.05) is 11.1 Å². The SMILES string of the molecule is CCCCCCCC[C@H]1CC[C@H](c2ccc(C#Cc3ccc4cc(OC)ccc4c3)cc2)CC1. The van der Waals surface area contributed by atoms with E-state index >= 15 is 0 Å². The first-order valence-electron chi connectivity index (χ1n) is 13.4. The van der Waals surface area contributed by atoms with Crippen molar-refractivity contribution in [3.05, 3.63) is 77.4 Å². The van der Waals surface area contributed by atoms with Gasteiger partial charge in [-0.25, -0.2) is 0 Å². The van der Waals surface area contributed by atoms with Crippen molar-refractivity contribution in [2.75, 3.05) is 7.11 Å². The molecule has 0 bridgehead atoms. The number of hydrogen-bond acceptors (Lipinski definition) is 1. The highest BCUT2D eigenvalue weighted by Gasteiger charge is 2.21. The molecule has 0 aromatic heterocycles. The third kappa shape index (κ3) is 6.89. The van der Waals surface area contributed by atoms with Crippen molar-refractivity contribution in [3.8, 4) is 17.6 Å². The van der Waals surface area contributed by atoms with Crippen molar-refractivity contribution < 1.29 is 4.74 Å². The summed E-state index contributed by atoms with van der Waals surface area (Å²) in [4.78, 5) is 0. The molecule has 0 radical (unpaired) electrons. The minimum atomic E-state index is 0.736. The Balaban J connectivity index is 1.26. The average molecular weight is 453 g/mol. The normalized spacial score (nSPS) is 17.8. The van der Waals surface area contributed by atoms with Gasteiger partial charge in [-0.2, -0.15) is 0 Å². The summed E-state index contributed by atoms with van der Waals surface area (Å²) in [5.41, 5.74) is 3.64. The van der Waals surface area contributed by atoms with Gasteiger partial charge in [0.2, 0.25) is 0 Å². The van der Waals surface area contributed by atoms with Gasteiger partial charge in [0.15, 0.2) is 0 Å². The summed E-state index contributed by atoms with van der Waals surface area (Å²) in [5.74, 6) is 9.28. The first-order valence-corrected chi connectivity index (χ1v) is 13.4. The Morgan fingerprint density at radius 3 is 2.12 bits per heavy atom. The molecule has 1 saturated carbocycles. The predicted molar refractivity (Wildman–Crippen MR) is 146 cm³/mol. The van der Waals surface area contributed by atoms with Crippen LogP contribution in [-0.2, 0) is 0 Å². The van der Waals surface area contributed by atoms with Gasteiger partial charge < -0.3 is 4.74 Å². The molecule has 34 heavy (non-hydrogen) atoms. The van der Waals surface area contributed by atoms with Crippen LogP contribution in [0, 0.1) is 17.8 Å². The van der Waals surface area contributed by atoms with E-state index in [4.69, 9.17) is 4.74 Å². The van der Waals surface area contributed by atoms with E-state index in [-0.39, 0.29) is 0 Å². The highest BCUT2D eigenvalue weighted by atomic mass is 16.5. The van der Waals surface area contributed by atoms with Gasteiger partial charge in [0.25, 0.3) is 0 Å².